The number of rotatable bonds is 5. The van der Waals surface area contributed by atoms with Gasteiger partial charge in [-0.15, -0.1) is 0 Å². The molecule has 2 saturated heterocycles. The minimum atomic E-state index is -3.48. The topological polar surface area (TPSA) is 73.8 Å². The summed E-state index contributed by atoms with van der Waals surface area (Å²) in [4.78, 5) is 20.2. The maximum Gasteiger partial charge on any atom is 0.244 e. The average Bonchev–Trinajstić information content (AvgIpc) is 2.52. The number of hydrogen-bond acceptors (Lipinski definition) is 6. The van der Waals surface area contributed by atoms with Gasteiger partial charge in [0.25, 0.3) is 0 Å². The molecule has 0 radical (unpaired) electrons. The van der Waals surface area contributed by atoms with E-state index in [1.165, 1.54) is 22.3 Å². The van der Waals surface area contributed by atoms with Crippen LogP contribution < -0.4 is 0 Å². The van der Waals surface area contributed by atoms with Gasteiger partial charge in [0, 0.05) is 45.5 Å². The van der Waals surface area contributed by atoms with Crippen molar-refractivity contribution in [1.29, 1.82) is 0 Å². The van der Waals surface area contributed by atoms with E-state index < -0.39 is 10.0 Å². The molecular formula is C15H22N4O3S2. The van der Waals surface area contributed by atoms with Gasteiger partial charge in [-0.25, -0.2) is 13.4 Å². The van der Waals surface area contributed by atoms with Gasteiger partial charge in [0.05, 0.1) is 10.8 Å². The van der Waals surface area contributed by atoms with E-state index in [0.717, 1.165) is 32.6 Å². The number of pyridine rings is 1. The summed E-state index contributed by atoms with van der Waals surface area (Å²) in [5.74, 6) is 0.458. The van der Waals surface area contributed by atoms with Gasteiger partial charge in [-0.3, -0.25) is 4.79 Å². The molecule has 0 atom stereocenters. The second-order valence-electron chi connectivity index (χ2n) is 6.06. The van der Waals surface area contributed by atoms with Crippen LogP contribution >= 0.6 is 11.8 Å². The Morgan fingerprint density at radius 1 is 1.17 bits per heavy atom. The van der Waals surface area contributed by atoms with Crippen molar-refractivity contribution in [2.45, 2.75) is 16.3 Å². The number of likely N-dealkylation sites (N-methyl/N-ethyl adjacent to an activating group) is 1. The van der Waals surface area contributed by atoms with E-state index in [-0.39, 0.29) is 10.8 Å². The van der Waals surface area contributed by atoms with E-state index in [2.05, 4.69) is 9.88 Å². The van der Waals surface area contributed by atoms with Crippen LogP contribution in [0.5, 0.6) is 0 Å². The van der Waals surface area contributed by atoms with Crippen LogP contribution in [0, 0.1) is 0 Å². The molecule has 7 nitrogen and oxygen atoms in total. The Labute approximate surface area is 147 Å². The molecule has 24 heavy (non-hydrogen) atoms. The van der Waals surface area contributed by atoms with Gasteiger partial charge in [-0.05, 0) is 25.6 Å². The lowest BCUT2D eigenvalue weighted by Crippen LogP contribution is -2.47. The molecule has 0 aromatic carbocycles. The van der Waals surface area contributed by atoms with Crippen molar-refractivity contribution >= 4 is 27.7 Å². The highest BCUT2D eigenvalue weighted by atomic mass is 32.2. The molecule has 2 aliphatic heterocycles. The van der Waals surface area contributed by atoms with Crippen molar-refractivity contribution < 1.29 is 13.2 Å². The van der Waals surface area contributed by atoms with Crippen molar-refractivity contribution in [3.05, 3.63) is 18.3 Å². The van der Waals surface area contributed by atoms with Crippen LogP contribution in [0.4, 0.5) is 0 Å². The minimum Gasteiger partial charge on any atom is -0.342 e. The molecule has 0 spiro atoms. The van der Waals surface area contributed by atoms with Crippen LogP contribution in [-0.4, -0.2) is 85.5 Å². The lowest BCUT2D eigenvalue weighted by molar-refractivity contribution is -0.131. The van der Waals surface area contributed by atoms with E-state index in [4.69, 9.17) is 0 Å². The molecule has 0 aliphatic carbocycles. The fourth-order valence-corrected chi connectivity index (χ4v) is 4.69. The predicted octanol–water partition coefficient (Wildman–Crippen LogP) is 0.342. The standard InChI is InChI=1S/C15H22N4O3S2/c1-17-7-9-19(10-8-17)24(21,22)13-3-4-14(16-11-13)23-12-15(20)18-5-2-6-18/h3-4,11H,2,5-10,12H2,1H3. The first-order valence-corrected chi connectivity index (χ1v) is 10.4. The fraction of sp³-hybridized carbons (Fsp3) is 0.600. The molecule has 1 aromatic heterocycles. The number of hydrogen-bond donors (Lipinski definition) is 0. The molecule has 0 unspecified atom stereocenters. The second-order valence-corrected chi connectivity index (χ2v) is 9.00. The summed E-state index contributed by atoms with van der Waals surface area (Å²) >= 11 is 1.34. The maximum absolute atomic E-state index is 12.6. The Bertz CT molecular complexity index is 681. The zero-order chi connectivity index (χ0) is 17.2. The van der Waals surface area contributed by atoms with Gasteiger partial charge >= 0.3 is 0 Å². The normalized spacial score (nSPS) is 20.0. The number of carbonyl (C=O) groups is 1. The molecular weight excluding hydrogens is 348 g/mol. The van der Waals surface area contributed by atoms with Gasteiger partial charge in [0.2, 0.25) is 15.9 Å². The van der Waals surface area contributed by atoms with E-state index >= 15 is 0 Å². The summed E-state index contributed by atoms with van der Waals surface area (Å²) in [6, 6.07) is 3.26. The molecule has 0 saturated carbocycles. The number of nitrogens with zero attached hydrogens (tertiary/aromatic N) is 4. The van der Waals surface area contributed by atoms with Crippen LogP contribution in [0.3, 0.4) is 0 Å². The third-order valence-electron chi connectivity index (χ3n) is 4.36. The highest BCUT2D eigenvalue weighted by Gasteiger charge is 2.27. The highest BCUT2D eigenvalue weighted by molar-refractivity contribution is 7.99. The fourth-order valence-electron chi connectivity index (χ4n) is 2.57. The molecule has 3 heterocycles. The summed E-state index contributed by atoms with van der Waals surface area (Å²) in [5.41, 5.74) is 0. The van der Waals surface area contributed by atoms with Gasteiger partial charge in [0.15, 0.2) is 0 Å². The van der Waals surface area contributed by atoms with Gasteiger partial charge in [-0.1, -0.05) is 11.8 Å². The van der Waals surface area contributed by atoms with Crippen molar-refractivity contribution in [3.8, 4) is 0 Å². The van der Waals surface area contributed by atoms with E-state index in [1.807, 2.05) is 11.9 Å². The molecule has 1 aromatic rings. The summed E-state index contributed by atoms with van der Waals surface area (Å²) in [6.07, 6.45) is 2.47. The smallest absolute Gasteiger partial charge is 0.244 e. The van der Waals surface area contributed by atoms with Gasteiger partial charge < -0.3 is 9.80 Å². The largest absolute Gasteiger partial charge is 0.342 e. The predicted molar refractivity (Wildman–Crippen MR) is 92.4 cm³/mol. The summed E-state index contributed by atoms with van der Waals surface area (Å²) in [7, 11) is -1.50. The molecule has 1 amide bonds. The molecule has 0 bridgehead atoms. The van der Waals surface area contributed by atoms with Crippen LogP contribution in [0.2, 0.25) is 0 Å². The van der Waals surface area contributed by atoms with Crippen molar-refractivity contribution in [2.75, 3.05) is 52.1 Å². The Hall–Kier alpha value is -1.16. The van der Waals surface area contributed by atoms with Crippen molar-refractivity contribution in [3.63, 3.8) is 0 Å². The first-order valence-electron chi connectivity index (χ1n) is 8.02. The van der Waals surface area contributed by atoms with Crippen LogP contribution in [0.1, 0.15) is 6.42 Å². The van der Waals surface area contributed by atoms with Crippen LogP contribution in [0.15, 0.2) is 28.3 Å². The lowest BCUT2D eigenvalue weighted by atomic mass is 10.2. The molecule has 2 aliphatic rings. The van der Waals surface area contributed by atoms with Gasteiger partial charge in [-0.2, -0.15) is 4.31 Å². The van der Waals surface area contributed by atoms with E-state index in [0.29, 0.717) is 23.9 Å². The number of aromatic nitrogens is 1. The number of sulfonamides is 1. The first kappa shape index (κ1) is 17.7. The summed E-state index contributed by atoms with van der Waals surface area (Å²) in [5, 5.41) is 0.668. The highest BCUT2D eigenvalue weighted by Crippen LogP contribution is 2.21. The maximum atomic E-state index is 12.6. The summed E-state index contributed by atoms with van der Waals surface area (Å²) < 4.78 is 26.7. The zero-order valence-electron chi connectivity index (χ0n) is 13.7. The van der Waals surface area contributed by atoms with Crippen LogP contribution in [-0.2, 0) is 14.8 Å². The Morgan fingerprint density at radius 3 is 2.42 bits per heavy atom. The molecule has 3 rings (SSSR count). The minimum absolute atomic E-state index is 0.113. The Morgan fingerprint density at radius 2 is 1.88 bits per heavy atom. The number of piperazine rings is 1. The van der Waals surface area contributed by atoms with E-state index in [9.17, 15) is 13.2 Å². The second kappa shape index (κ2) is 7.38. The quantitative estimate of drug-likeness (QED) is 0.696. The molecule has 0 N–H and O–H groups in total. The third-order valence-corrected chi connectivity index (χ3v) is 7.17. The third kappa shape index (κ3) is 3.90. The number of carbonyl (C=O) groups excluding carboxylic acids is 1. The van der Waals surface area contributed by atoms with E-state index in [1.54, 1.807) is 12.1 Å². The van der Waals surface area contributed by atoms with Crippen LogP contribution in [0.25, 0.3) is 0 Å². The van der Waals surface area contributed by atoms with Crippen molar-refractivity contribution in [1.82, 2.24) is 19.1 Å². The Kier molecular flexibility index (Phi) is 5.43. The Balaban J connectivity index is 1.59. The molecule has 132 valence electrons. The SMILES string of the molecule is CN1CCN(S(=O)(=O)c2ccc(SCC(=O)N3CCC3)nc2)CC1. The van der Waals surface area contributed by atoms with Gasteiger partial charge in [0.1, 0.15) is 4.90 Å². The summed E-state index contributed by atoms with van der Waals surface area (Å²) in [6.45, 7) is 4.15. The molecule has 9 heteroatoms. The molecule has 2 fully saturated rings. The monoisotopic (exact) mass is 370 g/mol. The zero-order valence-corrected chi connectivity index (χ0v) is 15.4. The number of likely N-dealkylation sites (tertiary alicyclic amines) is 1. The lowest BCUT2D eigenvalue weighted by Gasteiger charge is -2.31. The first-order chi connectivity index (χ1) is 11.5. The number of thioether (sulfide) groups is 1. The van der Waals surface area contributed by atoms with Crippen molar-refractivity contribution in [2.24, 2.45) is 0 Å². The average molecular weight is 371 g/mol. The number of amides is 1.